The quantitative estimate of drug-likeness (QED) is 0.815. The zero-order valence-electron chi connectivity index (χ0n) is 9.88. The molecule has 2 aromatic rings. The number of nitrogens with zero attached hydrogens (tertiary/aromatic N) is 3. The molecule has 5 heteroatoms. The van der Waals surface area contributed by atoms with Crippen molar-refractivity contribution in [1.82, 2.24) is 9.97 Å². The summed E-state index contributed by atoms with van der Waals surface area (Å²) in [6.45, 7) is 0.716. The number of hydrogen-bond acceptors (Lipinski definition) is 4. The first-order valence-electron chi connectivity index (χ1n) is 5.42. The molecule has 0 saturated carbocycles. The van der Waals surface area contributed by atoms with Crippen LogP contribution in [0.2, 0.25) is 0 Å². The molecule has 0 N–H and O–H groups in total. The van der Waals surface area contributed by atoms with Gasteiger partial charge in [-0.3, -0.25) is 4.79 Å². The lowest BCUT2D eigenvalue weighted by atomic mass is 10.2. The maximum Gasteiger partial charge on any atom is 0.225 e. The van der Waals surface area contributed by atoms with Crippen molar-refractivity contribution in [2.45, 2.75) is 6.54 Å². The Kier molecular flexibility index (Phi) is 4.04. The first-order valence-corrected chi connectivity index (χ1v) is 6.21. The number of aldehydes is 1. The fourth-order valence-corrected chi connectivity index (χ4v) is 1.79. The van der Waals surface area contributed by atoms with E-state index >= 15 is 0 Å². The largest absolute Gasteiger partial charge is 0.340 e. The van der Waals surface area contributed by atoms with Crippen LogP contribution in [0, 0.1) is 0 Å². The van der Waals surface area contributed by atoms with Crippen molar-refractivity contribution < 1.29 is 4.79 Å². The van der Waals surface area contributed by atoms with Gasteiger partial charge in [0.15, 0.2) is 6.29 Å². The van der Waals surface area contributed by atoms with Crippen molar-refractivity contribution in [3.05, 3.63) is 52.3 Å². The molecule has 1 aromatic carbocycles. The predicted molar refractivity (Wildman–Crippen MR) is 73.7 cm³/mol. The van der Waals surface area contributed by atoms with Crippen molar-refractivity contribution in [3.63, 3.8) is 0 Å². The van der Waals surface area contributed by atoms with Gasteiger partial charge in [0.05, 0.1) is 5.56 Å². The highest BCUT2D eigenvalue weighted by Crippen LogP contribution is 2.13. The number of carbonyl (C=O) groups excluding carboxylic acids is 1. The summed E-state index contributed by atoms with van der Waals surface area (Å²) in [7, 11) is 1.91. The van der Waals surface area contributed by atoms with Crippen LogP contribution >= 0.6 is 15.9 Å². The van der Waals surface area contributed by atoms with E-state index < -0.39 is 0 Å². The van der Waals surface area contributed by atoms with Crippen molar-refractivity contribution in [2.75, 3.05) is 11.9 Å². The van der Waals surface area contributed by atoms with Crippen molar-refractivity contribution in [3.8, 4) is 0 Å². The highest BCUT2D eigenvalue weighted by molar-refractivity contribution is 9.10. The average Bonchev–Trinajstić information content (AvgIpc) is 2.41. The first kappa shape index (κ1) is 12.7. The van der Waals surface area contributed by atoms with Crippen LogP contribution in [0.15, 0.2) is 41.1 Å². The number of anilines is 1. The summed E-state index contributed by atoms with van der Waals surface area (Å²) < 4.78 is 1.06. The van der Waals surface area contributed by atoms with E-state index in [2.05, 4.69) is 25.9 Å². The van der Waals surface area contributed by atoms with Gasteiger partial charge in [0, 0.05) is 30.5 Å². The molecule has 1 heterocycles. The van der Waals surface area contributed by atoms with Crippen LogP contribution in [-0.2, 0) is 6.54 Å². The van der Waals surface area contributed by atoms with Gasteiger partial charge in [0.1, 0.15) is 0 Å². The summed E-state index contributed by atoms with van der Waals surface area (Å²) >= 11 is 3.40. The Morgan fingerprint density at radius 3 is 2.39 bits per heavy atom. The Labute approximate surface area is 114 Å². The van der Waals surface area contributed by atoms with Gasteiger partial charge in [0.25, 0.3) is 0 Å². The SMILES string of the molecule is CN(Cc1ccc(Br)cc1)c1ncc(C=O)cn1. The number of rotatable bonds is 4. The van der Waals surface area contributed by atoms with Crippen molar-refractivity contribution >= 4 is 28.2 Å². The molecule has 2 rings (SSSR count). The van der Waals surface area contributed by atoms with E-state index in [1.54, 1.807) is 0 Å². The van der Waals surface area contributed by atoms with Gasteiger partial charge in [-0.15, -0.1) is 0 Å². The number of halogens is 1. The molecular weight excluding hydrogens is 294 g/mol. The normalized spacial score (nSPS) is 10.1. The molecule has 0 saturated heterocycles. The van der Waals surface area contributed by atoms with Crippen LogP contribution in [0.1, 0.15) is 15.9 Å². The molecule has 0 aliphatic rings. The lowest BCUT2D eigenvalue weighted by molar-refractivity contribution is 0.112. The van der Waals surface area contributed by atoms with Crippen LogP contribution in [0.3, 0.4) is 0 Å². The summed E-state index contributed by atoms with van der Waals surface area (Å²) in [5.74, 6) is 0.600. The molecule has 1 aromatic heterocycles. The Morgan fingerprint density at radius 1 is 1.22 bits per heavy atom. The van der Waals surface area contributed by atoms with E-state index in [-0.39, 0.29) is 0 Å². The molecule has 0 amide bonds. The Morgan fingerprint density at radius 2 is 1.83 bits per heavy atom. The summed E-state index contributed by atoms with van der Waals surface area (Å²) in [4.78, 5) is 20.7. The van der Waals surface area contributed by atoms with Crippen LogP contribution in [-0.4, -0.2) is 23.3 Å². The van der Waals surface area contributed by atoms with Gasteiger partial charge in [-0.05, 0) is 17.7 Å². The van der Waals surface area contributed by atoms with Gasteiger partial charge in [-0.1, -0.05) is 28.1 Å². The Bertz CT molecular complexity index is 525. The summed E-state index contributed by atoms with van der Waals surface area (Å²) in [5.41, 5.74) is 1.65. The van der Waals surface area contributed by atoms with Crippen LogP contribution in [0.25, 0.3) is 0 Å². The topological polar surface area (TPSA) is 46.1 Å². The average molecular weight is 306 g/mol. The third-order valence-electron chi connectivity index (χ3n) is 2.47. The minimum absolute atomic E-state index is 0.482. The van der Waals surface area contributed by atoms with E-state index in [1.807, 2.05) is 36.2 Å². The van der Waals surface area contributed by atoms with Gasteiger partial charge < -0.3 is 4.90 Å². The maximum atomic E-state index is 10.5. The van der Waals surface area contributed by atoms with E-state index in [1.165, 1.54) is 18.0 Å². The molecule has 0 spiro atoms. The van der Waals surface area contributed by atoms with Crippen molar-refractivity contribution in [2.24, 2.45) is 0 Å². The Balaban J connectivity index is 2.08. The zero-order chi connectivity index (χ0) is 13.0. The third-order valence-corrected chi connectivity index (χ3v) is 3.00. The Hall–Kier alpha value is -1.75. The minimum atomic E-state index is 0.482. The van der Waals surface area contributed by atoms with Gasteiger partial charge in [0.2, 0.25) is 5.95 Å². The van der Waals surface area contributed by atoms with Crippen LogP contribution in [0.5, 0.6) is 0 Å². The third kappa shape index (κ3) is 3.13. The predicted octanol–water partition coefficient (Wildman–Crippen LogP) is 2.69. The van der Waals surface area contributed by atoms with Crippen molar-refractivity contribution in [1.29, 1.82) is 0 Å². The summed E-state index contributed by atoms with van der Waals surface area (Å²) in [5, 5.41) is 0. The molecule has 4 nitrogen and oxygen atoms in total. The second kappa shape index (κ2) is 5.73. The summed E-state index contributed by atoms with van der Waals surface area (Å²) in [6, 6.07) is 8.08. The molecule has 0 unspecified atom stereocenters. The lowest BCUT2D eigenvalue weighted by Gasteiger charge is -2.16. The fraction of sp³-hybridized carbons (Fsp3) is 0.154. The fourth-order valence-electron chi connectivity index (χ4n) is 1.52. The zero-order valence-corrected chi connectivity index (χ0v) is 11.5. The molecule has 0 aliphatic carbocycles. The standard InChI is InChI=1S/C13H12BrN3O/c1-17(8-10-2-4-12(14)5-3-10)13-15-6-11(9-18)7-16-13/h2-7,9H,8H2,1H3. The highest BCUT2D eigenvalue weighted by Gasteiger charge is 2.05. The monoisotopic (exact) mass is 305 g/mol. The van der Waals surface area contributed by atoms with Crippen LogP contribution < -0.4 is 4.90 Å². The molecule has 0 atom stereocenters. The molecule has 92 valence electrons. The molecule has 0 bridgehead atoms. The highest BCUT2D eigenvalue weighted by atomic mass is 79.9. The van der Waals surface area contributed by atoms with Gasteiger partial charge in [-0.25, -0.2) is 9.97 Å². The molecular formula is C13H12BrN3O. The number of carbonyl (C=O) groups is 1. The number of aromatic nitrogens is 2. The van der Waals surface area contributed by atoms with E-state index in [4.69, 9.17) is 0 Å². The second-order valence-electron chi connectivity index (χ2n) is 3.92. The van der Waals surface area contributed by atoms with Gasteiger partial charge in [-0.2, -0.15) is 0 Å². The minimum Gasteiger partial charge on any atom is -0.340 e. The molecule has 0 radical (unpaired) electrons. The molecule has 0 aliphatic heterocycles. The number of hydrogen-bond donors (Lipinski definition) is 0. The molecule has 18 heavy (non-hydrogen) atoms. The molecule has 0 fully saturated rings. The van der Waals surface area contributed by atoms with E-state index in [0.29, 0.717) is 18.1 Å². The lowest BCUT2D eigenvalue weighted by Crippen LogP contribution is -2.19. The number of benzene rings is 1. The first-order chi connectivity index (χ1) is 8.69. The smallest absolute Gasteiger partial charge is 0.225 e. The van der Waals surface area contributed by atoms with Crippen LogP contribution in [0.4, 0.5) is 5.95 Å². The maximum absolute atomic E-state index is 10.5. The summed E-state index contributed by atoms with van der Waals surface area (Å²) in [6.07, 6.45) is 3.78. The second-order valence-corrected chi connectivity index (χ2v) is 4.83. The van der Waals surface area contributed by atoms with E-state index in [9.17, 15) is 4.79 Å². The van der Waals surface area contributed by atoms with E-state index in [0.717, 1.165) is 10.8 Å². The van der Waals surface area contributed by atoms with Gasteiger partial charge >= 0.3 is 0 Å².